The van der Waals surface area contributed by atoms with Crippen molar-refractivity contribution in [2.24, 2.45) is 0 Å². The molecule has 0 spiro atoms. The summed E-state index contributed by atoms with van der Waals surface area (Å²) < 4.78 is 7.59. The molecule has 8 nitrogen and oxygen atoms in total. The van der Waals surface area contributed by atoms with E-state index in [0.29, 0.717) is 5.95 Å². The van der Waals surface area contributed by atoms with E-state index >= 15 is 0 Å². The van der Waals surface area contributed by atoms with Crippen LogP contribution in [0.4, 0.5) is 11.6 Å². The zero-order valence-electron chi connectivity index (χ0n) is 17.0. The maximum Gasteiger partial charge on any atom is 0.229 e. The summed E-state index contributed by atoms with van der Waals surface area (Å²) in [6.45, 7) is 1.85. The number of benzene rings is 1. The summed E-state index contributed by atoms with van der Waals surface area (Å²) in [5, 5.41) is 22.0. The van der Waals surface area contributed by atoms with Crippen molar-refractivity contribution in [3.63, 3.8) is 0 Å². The minimum atomic E-state index is -0.189. The van der Waals surface area contributed by atoms with Crippen molar-refractivity contribution in [1.29, 1.82) is 0 Å². The Kier molecular flexibility index (Phi) is 6.08. The summed E-state index contributed by atoms with van der Waals surface area (Å²) in [6, 6.07) is 4.49. The van der Waals surface area contributed by atoms with Crippen LogP contribution in [0, 0.1) is 0 Å². The van der Waals surface area contributed by atoms with E-state index in [1.807, 2.05) is 10.9 Å². The molecule has 0 radical (unpaired) electrons. The third-order valence-electron chi connectivity index (χ3n) is 6.00. The summed E-state index contributed by atoms with van der Waals surface area (Å²) >= 11 is 0. The molecule has 3 heterocycles. The molecule has 5 rings (SSSR count). The predicted octanol–water partition coefficient (Wildman–Crippen LogP) is 3.12. The lowest BCUT2D eigenvalue weighted by Gasteiger charge is -2.25. The number of nitrogens with zero attached hydrogens (tertiary/aromatic N) is 4. The fourth-order valence-electron chi connectivity index (χ4n) is 4.36. The average molecular weight is 431 g/mol. The van der Waals surface area contributed by atoms with E-state index in [0.717, 1.165) is 67.7 Å². The predicted molar refractivity (Wildman–Crippen MR) is 118 cm³/mol. The van der Waals surface area contributed by atoms with Crippen molar-refractivity contribution in [1.82, 2.24) is 25.1 Å². The summed E-state index contributed by atoms with van der Waals surface area (Å²) in [5.74, 6) is 1.32. The van der Waals surface area contributed by atoms with Gasteiger partial charge < -0.3 is 20.5 Å². The molecule has 30 heavy (non-hydrogen) atoms. The minimum Gasteiger partial charge on any atom is -0.495 e. The van der Waals surface area contributed by atoms with Gasteiger partial charge >= 0.3 is 0 Å². The molecular formula is C21H27ClN6O2. The highest BCUT2D eigenvalue weighted by Gasteiger charge is 2.23. The van der Waals surface area contributed by atoms with Crippen LogP contribution in [-0.4, -0.2) is 44.6 Å². The highest BCUT2D eigenvalue weighted by molar-refractivity contribution is 5.85. The molecule has 0 amide bonds. The van der Waals surface area contributed by atoms with Crippen LogP contribution in [0.2, 0.25) is 0 Å². The summed E-state index contributed by atoms with van der Waals surface area (Å²) in [4.78, 5) is 9.23. The number of aromatic nitrogens is 4. The van der Waals surface area contributed by atoms with Crippen molar-refractivity contribution >= 4 is 35.1 Å². The molecule has 9 heteroatoms. The van der Waals surface area contributed by atoms with Crippen LogP contribution in [-0.2, 0) is 13.0 Å². The number of fused-ring (bicyclic) bond motifs is 2. The van der Waals surface area contributed by atoms with Gasteiger partial charge in [-0.25, -0.2) is 9.67 Å². The van der Waals surface area contributed by atoms with Crippen LogP contribution in [0.15, 0.2) is 24.5 Å². The lowest BCUT2D eigenvalue weighted by molar-refractivity contribution is 0.109. The van der Waals surface area contributed by atoms with Crippen LogP contribution < -0.4 is 15.4 Å². The molecule has 3 N–H and O–H groups in total. The monoisotopic (exact) mass is 430 g/mol. The molecule has 2 aliphatic rings. The first kappa shape index (κ1) is 20.8. The summed E-state index contributed by atoms with van der Waals surface area (Å²) in [6.07, 6.45) is 7.88. The summed E-state index contributed by atoms with van der Waals surface area (Å²) in [5.41, 5.74) is 4.27. The van der Waals surface area contributed by atoms with Gasteiger partial charge in [-0.05, 0) is 61.9 Å². The van der Waals surface area contributed by atoms with Crippen molar-refractivity contribution < 1.29 is 9.84 Å². The van der Waals surface area contributed by atoms with Gasteiger partial charge in [-0.1, -0.05) is 0 Å². The fourth-order valence-corrected chi connectivity index (χ4v) is 4.36. The first-order valence-corrected chi connectivity index (χ1v) is 10.3. The zero-order valence-corrected chi connectivity index (χ0v) is 17.8. The molecule has 0 unspecified atom stereocenters. The van der Waals surface area contributed by atoms with E-state index in [1.54, 1.807) is 13.3 Å². The van der Waals surface area contributed by atoms with Crippen molar-refractivity contribution in [3.8, 4) is 5.75 Å². The van der Waals surface area contributed by atoms with Gasteiger partial charge in [0.05, 0.1) is 36.5 Å². The number of anilines is 2. The number of aliphatic hydroxyl groups is 1. The second-order valence-corrected chi connectivity index (χ2v) is 7.90. The van der Waals surface area contributed by atoms with Gasteiger partial charge in [0, 0.05) is 12.7 Å². The van der Waals surface area contributed by atoms with Crippen LogP contribution in [0.25, 0.3) is 11.0 Å². The standard InChI is InChI=1S/C21H26N6O2.ClH/c1-29-19-9-13-6-7-22-10-14(13)8-18(19)25-21-23-11-15-12-24-27(20(15)26-21)16-2-4-17(28)5-3-16;/h8-9,11-12,16-17,22,28H,2-7,10H2,1H3,(H,23,25,26);1H/t16-,17-;. The number of ether oxygens (including phenoxy) is 1. The molecule has 0 saturated heterocycles. The SMILES string of the molecule is COc1cc2c(cc1Nc1ncc3cnn([C@H]4CC[C@H](O)CC4)c3n1)CNCC2.Cl. The third-order valence-corrected chi connectivity index (χ3v) is 6.00. The third kappa shape index (κ3) is 3.95. The Hall–Kier alpha value is -2.42. The van der Waals surface area contributed by atoms with E-state index in [9.17, 15) is 5.11 Å². The average Bonchev–Trinajstić information content (AvgIpc) is 3.17. The quantitative estimate of drug-likeness (QED) is 0.585. The lowest BCUT2D eigenvalue weighted by atomic mass is 9.93. The topological polar surface area (TPSA) is 97.1 Å². The van der Waals surface area contributed by atoms with Crippen LogP contribution >= 0.6 is 12.4 Å². The second-order valence-electron chi connectivity index (χ2n) is 7.90. The molecule has 1 aliphatic carbocycles. The Morgan fingerprint density at radius 2 is 2.00 bits per heavy atom. The minimum absolute atomic E-state index is 0. The number of aliphatic hydroxyl groups excluding tert-OH is 1. The first-order chi connectivity index (χ1) is 14.2. The van der Waals surface area contributed by atoms with Gasteiger partial charge in [-0.15, -0.1) is 12.4 Å². The molecule has 1 fully saturated rings. The Balaban J connectivity index is 0.00000218. The normalized spacial score (nSPS) is 21.0. The first-order valence-electron chi connectivity index (χ1n) is 10.3. The van der Waals surface area contributed by atoms with E-state index < -0.39 is 0 Å². The van der Waals surface area contributed by atoms with Gasteiger partial charge in [0.25, 0.3) is 0 Å². The largest absolute Gasteiger partial charge is 0.495 e. The summed E-state index contributed by atoms with van der Waals surface area (Å²) in [7, 11) is 1.69. The smallest absolute Gasteiger partial charge is 0.229 e. The van der Waals surface area contributed by atoms with Gasteiger partial charge in [0.2, 0.25) is 5.95 Å². The Bertz CT molecular complexity index is 1030. The van der Waals surface area contributed by atoms with Crippen LogP contribution in [0.1, 0.15) is 42.9 Å². The molecule has 2 aromatic heterocycles. The van der Waals surface area contributed by atoms with Gasteiger partial charge in [-0.2, -0.15) is 10.1 Å². The van der Waals surface area contributed by atoms with Crippen LogP contribution in [0.5, 0.6) is 5.75 Å². The number of hydrogen-bond donors (Lipinski definition) is 3. The maximum absolute atomic E-state index is 9.80. The molecule has 1 saturated carbocycles. The maximum atomic E-state index is 9.80. The van der Waals surface area contributed by atoms with E-state index in [-0.39, 0.29) is 24.6 Å². The molecule has 160 valence electrons. The number of hydrogen-bond acceptors (Lipinski definition) is 7. The van der Waals surface area contributed by atoms with Crippen molar-refractivity contribution in [2.45, 2.75) is 50.8 Å². The van der Waals surface area contributed by atoms with E-state index in [2.05, 4.69) is 32.8 Å². The van der Waals surface area contributed by atoms with E-state index in [4.69, 9.17) is 9.72 Å². The number of methoxy groups -OCH3 is 1. The van der Waals surface area contributed by atoms with Crippen molar-refractivity contribution in [2.75, 3.05) is 19.0 Å². The molecule has 0 bridgehead atoms. The zero-order chi connectivity index (χ0) is 19.8. The Morgan fingerprint density at radius 1 is 1.17 bits per heavy atom. The lowest BCUT2D eigenvalue weighted by Crippen LogP contribution is -2.23. The van der Waals surface area contributed by atoms with Gasteiger partial charge in [-0.3, -0.25) is 0 Å². The second kappa shape index (κ2) is 8.75. The van der Waals surface area contributed by atoms with Gasteiger partial charge in [0.15, 0.2) is 5.65 Å². The molecular weight excluding hydrogens is 404 g/mol. The highest BCUT2D eigenvalue weighted by Crippen LogP contribution is 2.33. The Labute approximate surface area is 181 Å². The Morgan fingerprint density at radius 3 is 2.80 bits per heavy atom. The van der Waals surface area contributed by atoms with Crippen molar-refractivity contribution in [3.05, 3.63) is 35.7 Å². The number of nitrogens with one attached hydrogen (secondary N) is 2. The number of rotatable bonds is 4. The fraction of sp³-hybridized carbons (Fsp3) is 0.476. The molecule has 1 aromatic carbocycles. The van der Waals surface area contributed by atoms with E-state index in [1.165, 1.54) is 11.1 Å². The molecule has 0 atom stereocenters. The van der Waals surface area contributed by atoms with Gasteiger partial charge in [0.1, 0.15) is 5.75 Å². The molecule has 3 aromatic rings. The van der Waals surface area contributed by atoms with Crippen LogP contribution in [0.3, 0.4) is 0 Å². The molecule has 1 aliphatic heterocycles. The number of halogens is 1. The highest BCUT2D eigenvalue weighted by atomic mass is 35.5.